The molecule has 0 bridgehead atoms. The first-order valence-electron chi connectivity index (χ1n) is 5.80. The maximum absolute atomic E-state index is 11.6. The van der Waals surface area contributed by atoms with Crippen LogP contribution in [0.25, 0.3) is 0 Å². The zero-order valence-electron chi connectivity index (χ0n) is 12.4. The molecule has 0 aliphatic carbocycles. The molecule has 0 atom stereocenters. The monoisotopic (exact) mass is 284 g/mol. The zero-order chi connectivity index (χ0) is 13.7. The molecule has 0 heterocycles. The number of rotatable bonds is 7. The fourth-order valence-corrected chi connectivity index (χ4v) is 1.15. The first kappa shape index (κ1) is 20.8. The number of hydrogen-bond acceptors (Lipinski definition) is 4. The average Bonchev–Trinajstić information content (AvgIpc) is 2.15. The first-order chi connectivity index (χ1) is 7.60. The number of carbonyl (C=O) groups excluding carboxylic acids is 2. The standard InChI is InChI=1S/C12H23NO4.K/c1-6-12(2,3)11(16)17-8-7-13(4,5)9-10(14)15;/h6-9H2,1-5H3;/q;+1. The number of hydrogen-bond donors (Lipinski definition) is 0. The second kappa shape index (κ2) is 8.66. The quantitative estimate of drug-likeness (QED) is 0.280. The predicted octanol–water partition coefficient (Wildman–Crippen LogP) is -3.20. The number of nitrogens with zero attached hydrogens (tertiary/aromatic N) is 1. The minimum absolute atomic E-state index is 0. The molecule has 0 rings (SSSR count). The van der Waals surface area contributed by atoms with E-state index in [1.165, 1.54) is 0 Å². The van der Waals surface area contributed by atoms with E-state index in [9.17, 15) is 14.7 Å². The summed E-state index contributed by atoms with van der Waals surface area (Å²) in [6.07, 6.45) is 0.711. The van der Waals surface area contributed by atoms with Crippen LogP contribution in [0.4, 0.5) is 0 Å². The van der Waals surface area contributed by atoms with Crippen LogP contribution in [0, 0.1) is 5.41 Å². The van der Waals surface area contributed by atoms with E-state index in [1.807, 2.05) is 20.8 Å². The molecule has 0 saturated carbocycles. The van der Waals surface area contributed by atoms with Crippen LogP contribution >= 0.6 is 0 Å². The van der Waals surface area contributed by atoms with E-state index >= 15 is 0 Å². The van der Waals surface area contributed by atoms with Gasteiger partial charge in [0.1, 0.15) is 19.7 Å². The normalized spacial score (nSPS) is 11.6. The number of ether oxygens (including phenoxy) is 1. The van der Waals surface area contributed by atoms with E-state index in [0.717, 1.165) is 0 Å². The van der Waals surface area contributed by atoms with Gasteiger partial charge in [-0.3, -0.25) is 4.79 Å². The third-order valence-corrected chi connectivity index (χ3v) is 2.92. The molecule has 0 aromatic carbocycles. The summed E-state index contributed by atoms with van der Waals surface area (Å²) >= 11 is 0. The fraction of sp³-hybridized carbons (Fsp3) is 0.833. The first-order valence-corrected chi connectivity index (χ1v) is 5.80. The Labute approximate surface area is 152 Å². The third kappa shape index (κ3) is 8.61. The van der Waals surface area contributed by atoms with Crippen LogP contribution in [0.5, 0.6) is 0 Å². The summed E-state index contributed by atoms with van der Waals surface area (Å²) in [4.78, 5) is 22.1. The average molecular weight is 284 g/mol. The van der Waals surface area contributed by atoms with Gasteiger partial charge in [0.15, 0.2) is 0 Å². The Bertz CT molecular complexity index is 290. The zero-order valence-corrected chi connectivity index (χ0v) is 15.5. The van der Waals surface area contributed by atoms with Crippen LogP contribution in [0.1, 0.15) is 27.2 Å². The molecule has 0 N–H and O–H groups in total. The number of likely N-dealkylation sites (N-methyl/N-ethyl adjacent to an activating group) is 1. The van der Waals surface area contributed by atoms with Gasteiger partial charge in [-0.1, -0.05) is 6.92 Å². The number of quaternary nitrogens is 1. The van der Waals surface area contributed by atoms with Crippen molar-refractivity contribution in [2.45, 2.75) is 27.2 Å². The van der Waals surface area contributed by atoms with Crippen molar-refractivity contribution in [2.75, 3.05) is 33.8 Å². The Balaban J connectivity index is 0. The SMILES string of the molecule is CCC(C)(C)C(=O)OCC[N+](C)(C)CC(=O)[O-].[K+]. The summed E-state index contributed by atoms with van der Waals surface area (Å²) < 4.78 is 5.39. The van der Waals surface area contributed by atoms with Gasteiger partial charge in [0.2, 0.25) is 0 Å². The Morgan fingerprint density at radius 2 is 1.78 bits per heavy atom. The van der Waals surface area contributed by atoms with Crippen LogP contribution in [-0.4, -0.2) is 50.2 Å². The van der Waals surface area contributed by atoms with Crippen molar-refractivity contribution >= 4 is 11.9 Å². The number of carboxylic acids is 1. The minimum atomic E-state index is -1.10. The molecule has 5 nitrogen and oxygen atoms in total. The van der Waals surface area contributed by atoms with Crippen molar-refractivity contribution in [2.24, 2.45) is 5.41 Å². The van der Waals surface area contributed by atoms with Crippen molar-refractivity contribution in [3.05, 3.63) is 0 Å². The van der Waals surface area contributed by atoms with E-state index in [2.05, 4.69) is 0 Å². The molecule has 0 aromatic heterocycles. The van der Waals surface area contributed by atoms with E-state index in [4.69, 9.17) is 4.74 Å². The minimum Gasteiger partial charge on any atom is -0.544 e. The summed E-state index contributed by atoms with van der Waals surface area (Å²) in [6.45, 7) is 6.18. The van der Waals surface area contributed by atoms with Crippen molar-refractivity contribution in [1.82, 2.24) is 0 Å². The number of carbonyl (C=O) groups is 2. The van der Waals surface area contributed by atoms with E-state index in [-0.39, 0.29) is 75.0 Å². The second-order valence-electron chi connectivity index (χ2n) is 5.56. The van der Waals surface area contributed by atoms with Gasteiger partial charge in [0.05, 0.1) is 25.5 Å². The van der Waals surface area contributed by atoms with Crippen LogP contribution in [0.3, 0.4) is 0 Å². The Hall–Kier alpha value is 0.536. The third-order valence-electron chi connectivity index (χ3n) is 2.92. The van der Waals surface area contributed by atoms with Crippen molar-refractivity contribution in [3.63, 3.8) is 0 Å². The van der Waals surface area contributed by atoms with Gasteiger partial charge in [0.25, 0.3) is 0 Å². The summed E-state index contributed by atoms with van der Waals surface area (Å²) in [5.41, 5.74) is -0.481. The van der Waals surface area contributed by atoms with Crippen LogP contribution in [-0.2, 0) is 14.3 Å². The topological polar surface area (TPSA) is 66.4 Å². The van der Waals surface area contributed by atoms with Gasteiger partial charge >= 0.3 is 57.4 Å². The van der Waals surface area contributed by atoms with E-state index < -0.39 is 11.4 Å². The molecule has 0 aliphatic heterocycles. The molecule has 18 heavy (non-hydrogen) atoms. The van der Waals surface area contributed by atoms with Crippen molar-refractivity contribution < 1.29 is 75.3 Å². The fourth-order valence-electron chi connectivity index (χ4n) is 1.15. The Morgan fingerprint density at radius 3 is 2.17 bits per heavy atom. The summed E-state index contributed by atoms with van der Waals surface area (Å²) in [7, 11) is 3.52. The second-order valence-corrected chi connectivity index (χ2v) is 5.56. The van der Waals surface area contributed by atoms with Gasteiger partial charge < -0.3 is 19.1 Å². The molecule has 6 heteroatoms. The largest absolute Gasteiger partial charge is 1.00 e. The van der Waals surface area contributed by atoms with Crippen molar-refractivity contribution in [3.8, 4) is 0 Å². The molecule has 0 saturated heterocycles. The number of aliphatic carboxylic acids is 1. The van der Waals surface area contributed by atoms with Crippen LogP contribution < -0.4 is 56.5 Å². The van der Waals surface area contributed by atoms with Gasteiger partial charge in [0, 0.05) is 0 Å². The maximum atomic E-state index is 11.6. The van der Waals surface area contributed by atoms with Gasteiger partial charge in [-0.05, 0) is 20.3 Å². The predicted molar refractivity (Wildman–Crippen MR) is 61.9 cm³/mol. The van der Waals surface area contributed by atoms with Gasteiger partial charge in [-0.25, -0.2) is 0 Å². The Morgan fingerprint density at radius 1 is 1.28 bits per heavy atom. The van der Waals surface area contributed by atoms with Gasteiger partial charge in [-0.2, -0.15) is 0 Å². The number of esters is 1. The van der Waals surface area contributed by atoms with Crippen LogP contribution in [0.15, 0.2) is 0 Å². The maximum Gasteiger partial charge on any atom is 1.00 e. The smallest absolute Gasteiger partial charge is 0.544 e. The van der Waals surface area contributed by atoms with Crippen molar-refractivity contribution in [1.29, 1.82) is 0 Å². The van der Waals surface area contributed by atoms with E-state index in [1.54, 1.807) is 14.1 Å². The summed E-state index contributed by atoms with van der Waals surface area (Å²) in [5, 5.41) is 10.5. The Kier molecular flexibility index (Phi) is 10.0. The molecule has 0 aliphatic rings. The van der Waals surface area contributed by atoms with E-state index in [0.29, 0.717) is 13.0 Å². The van der Waals surface area contributed by atoms with Crippen LogP contribution in [0.2, 0.25) is 0 Å². The molecule has 0 fully saturated rings. The summed E-state index contributed by atoms with van der Waals surface area (Å²) in [6, 6.07) is 0. The molecule has 100 valence electrons. The molecule has 0 aromatic rings. The molecular formula is C12H23KNO4+. The molecular weight excluding hydrogens is 261 g/mol. The molecule has 0 spiro atoms. The summed E-state index contributed by atoms with van der Waals surface area (Å²) in [5.74, 6) is -1.34. The number of carboxylic acid groups (broad SMARTS) is 1. The van der Waals surface area contributed by atoms with Gasteiger partial charge in [-0.15, -0.1) is 0 Å². The molecule has 0 amide bonds. The molecule has 0 radical (unpaired) electrons. The molecule has 0 unspecified atom stereocenters.